The Hall–Kier alpha value is -5.37. The molecule has 3 heterocycles. The topological polar surface area (TPSA) is 121 Å². The normalized spacial score (nSPS) is 11.6. The molecule has 0 bridgehead atoms. The van der Waals surface area contributed by atoms with Gasteiger partial charge in [0.2, 0.25) is 0 Å². The number of H-pyrrole nitrogens is 1. The second-order valence-corrected chi connectivity index (χ2v) is 8.96. The minimum Gasteiger partial charge on any atom is -0.371 e. The van der Waals surface area contributed by atoms with Gasteiger partial charge in [-0.15, -0.1) is 6.42 Å². The van der Waals surface area contributed by atoms with Crippen molar-refractivity contribution in [2.45, 2.75) is 19.5 Å². The van der Waals surface area contributed by atoms with Gasteiger partial charge in [0.15, 0.2) is 34.6 Å². The monoisotopic (exact) mass is 538 g/mol. The third-order valence-electron chi connectivity index (χ3n) is 6.33. The summed E-state index contributed by atoms with van der Waals surface area (Å²) in [6, 6.07) is 12.7. The van der Waals surface area contributed by atoms with Crippen molar-refractivity contribution in [2.24, 2.45) is 0 Å². The van der Waals surface area contributed by atoms with Crippen molar-refractivity contribution in [1.82, 2.24) is 30.5 Å². The fourth-order valence-corrected chi connectivity index (χ4v) is 4.13. The van der Waals surface area contributed by atoms with Gasteiger partial charge in [-0.2, -0.15) is 5.10 Å². The van der Waals surface area contributed by atoms with Crippen LogP contribution in [0, 0.1) is 24.0 Å². The van der Waals surface area contributed by atoms with Gasteiger partial charge >= 0.3 is 0 Å². The minimum atomic E-state index is -0.998. The highest BCUT2D eigenvalue weighted by Crippen LogP contribution is 2.26. The summed E-state index contributed by atoms with van der Waals surface area (Å²) >= 11 is 0. The number of anilines is 2. The number of rotatable bonds is 8. The van der Waals surface area contributed by atoms with E-state index in [0.29, 0.717) is 17.8 Å². The SMILES string of the molecule is C#Cc1cnc(NCc2ccc(-c3cnc4[nH]nc(NC)c4c3)cc2)c(C(=O)N[C@@H](C)c2ccc(F)c(F)c2)n1. The highest BCUT2D eigenvalue weighted by Gasteiger charge is 2.19. The molecule has 200 valence electrons. The molecule has 0 aliphatic rings. The first-order chi connectivity index (χ1) is 19.4. The zero-order valence-corrected chi connectivity index (χ0v) is 21.6. The standard InChI is InChI=1S/C29H24F2N8O/c1-4-21-15-35-28(25(37-21)29(40)36-16(2)19-9-10-23(30)24(31)12-19)33-13-17-5-7-18(8-6-17)20-11-22-26(32-3)38-39-27(22)34-14-20/h1,5-12,14-16H,13H2,2-3H3,(H,33,35)(H,36,40)(H2,32,34,38,39)/t16-/m0/s1. The van der Waals surface area contributed by atoms with Crippen LogP contribution in [0.25, 0.3) is 22.2 Å². The third-order valence-corrected chi connectivity index (χ3v) is 6.33. The van der Waals surface area contributed by atoms with Gasteiger partial charge in [0.1, 0.15) is 5.69 Å². The van der Waals surface area contributed by atoms with E-state index in [1.807, 2.05) is 30.3 Å². The number of benzene rings is 2. The molecule has 0 radical (unpaired) electrons. The van der Waals surface area contributed by atoms with Crippen molar-refractivity contribution in [2.75, 3.05) is 17.7 Å². The highest BCUT2D eigenvalue weighted by atomic mass is 19.2. The number of fused-ring (bicyclic) bond motifs is 1. The number of halogens is 2. The van der Waals surface area contributed by atoms with Gasteiger partial charge in [0.05, 0.1) is 17.6 Å². The van der Waals surface area contributed by atoms with Crippen LogP contribution >= 0.6 is 0 Å². The number of amides is 1. The second-order valence-electron chi connectivity index (χ2n) is 8.96. The van der Waals surface area contributed by atoms with E-state index >= 15 is 0 Å². The minimum absolute atomic E-state index is 0.0127. The van der Waals surface area contributed by atoms with E-state index in [0.717, 1.165) is 40.0 Å². The molecule has 5 aromatic rings. The molecule has 1 amide bonds. The molecular formula is C29H24F2N8O. The molecule has 11 heteroatoms. The molecule has 2 aromatic carbocycles. The van der Waals surface area contributed by atoms with Crippen molar-refractivity contribution >= 4 is 28.6 Å². The van der Waals surface area contributed by atoms with E-state index in [1.54, 1.807) is 20.2 Å². The third kappa shape index (κ3) is 5.42. The number of hydrogen-bond donors (Lipinski definition) is 4. The summed E-state index contributed by atoms with van der Waals surface area (Å²) in [7, 11) is 1.80. The smallest absolute Gasteiger partial charge is 0.274 e. The summed E-state index contributed by atoms with van der Waals surface area (Å²) in [6.45, 7) is 2.00. The Labute approximate surface area is 228 Å². The Morgan fingerprint density at radius 3 is 2.55 bits per heavy atom. The molecule has 0 unspecified atom stereocenters. The lowest BCUT2D eigenvalue weighted by Gasteiger charge is -2.16. The lowest BCUT2D eigenvalue weighted by atomic mass is 10.0. The molecule has 40 heavy (non-hydrogen) atoms. The van der Waals surface area contributed by atoms with Crippen LogP contribution in [-0.4, -0.2) is 38.1 Å². The zero-order valence-electron chi connectivity index (χ0n) is 21.6. The maximum atomic E-state index is 13.7. The van der Waals surface area contributed by atoms with Gasteiger partial charge in [-0.05, 0) is 47.7 Å². The second kappa shape index (κ2) is 11.2. The fraction of sp³-hybridized carbons (Fsp3) is 0.138. The van der Waals surface area contributed by atoms with Crippen molar-refractivity contribution in [3.05, 3.63) is 95.1 Å². The largest absolute Gasteiger partial charge is 0.371 e. The molecule has 0 aliphatic carbocycles. The maximum Gasteiger partial charge on any atom is 0.274 e. The number of hydrogen-bond acceptors (Lipinski definition) is 7. The Bertz CT molecular complexity index is 1740. The van der Waals surface area contributed by atoms with E-state index in [2.05, 4.69) is 47.0 Å². The number of carbonyl (C=O) groups is 1. The first-order valence-electron chi connectivity index (χ1n) is 12.3. The molecule has 5 rings (SSSR count). The van der Waals surface area contributed by atoms with E-state index < -0.39 is 23.6 Å². The molecular weight excluding hydrogens is 514 g/mol. The summed E-state index contributed by atoms with van der Waals surface area (Å²) in [5.74, 6) is 0.795. The van der Waals surface area contributed by atoms with Crippen LogP contribution in [0.2, 0.25) is 0 Å². The van der Waals surface area contributed by atoms with Gasteiger partial charge < -0.3 is 16.0 Å². The predicted octanol–water partition coefficient (Wildman–Crippen LogP) is 4.82. The molecule has 1 atom stereocenters. The average Bonchev–Trinajstić information content (AvgIpc) is 3.40. The Kier molecular flexibility index (Phi) is 7.33. The number of nitrogens with zero attached hydrogens (tertiary/aromatic N) is 4. The maximum absolute atomic E-state index is 13.7. The van der Waals surface area contributed by atoms with Crippen LogP contribution in [0.15, 0.2) is 60.9 Å². The van der Waals surface area contributed by atoms with Gasteiger partial charge in [-0.25, -0.2) is 23.7 Å². The molecule has 0 saturated heterocycles. The van der Waals surface area contributed by atoms with Crippen molar-refractivity contribution < 1.29 is 13.6 Å². The van der Waals surface area contributed by atoms with Crippen LogP contribution in [0.3, 0.4) is 0 Å². The van der Waals surface area contributed by atoms with Gasteiger partial charge in [-0.1, -0.05) is 30.3 Å². The number of pyridine rings is 1. The molecule has 9 nitrogen and oxygen atoms in total. The molecule has 0 aliphatic heterocycles. The summed E-state index contributed by atoms with van der Waals surface area (Å²) < 4.78 is 27.0. The van der Waals surface area contributed by atoms with E-state index in [9.17, 15) is 13.6 Å². The number of carbonyl (C=O) groups excluding carboxylic acids is 1. The fourth-order valence-electron chi connectivity index (χ4n) is 4.13. The summed E-state index contributed by atoms with van der Waals surface area (Å²) in [5.41, 5.74) is 4.12. The average molecular weight is 539 g/mol. The number of nitrogens with one attached hydrogen (secondary N) is 4. The Balaban J connectivity index is 1.31. The van der Waals surface area contributed by atoms with E-state index in [1.165, 1.54) is 12.3 Å². The predicted molar refractivity (Wildman–Crippen MR) is 148 cm³/mol. The van der Waals surface area contributed by atoms with Gasteiger partial charge in [-0.3, -0.25) is 9.89 Å². The van der Waals surface area contributed by atoms with Crippen LogP contribution in [0.5, 0.6) is 0 Å². The van der Waals surface area contributed by atoms with Crippen molar-refractivity contribution in [3.63, 3.8) is 0 Å². The lowest BCUT2D eigenvalue weighted by molar-refractivity contribution is 0.0935. The van der Waals surface area contributed by atoms with Gasteiger partial charge in [0.25, 0.3) is 5.91 Å². The zero-order chi connectivity index (χ0) is 28.2. The van der Waals surface area contributed by atoms with E-state index in [4.69, 9.17) is 6.42 Å². The molecule has 3 aromatic heterocycles. The number of aromatic nitrogens is 5. The first kappa shape index (κ1) is 26.2. The number of aromatic amines is 1. The summed E-state index contributed by atoms with van der Waals surface area (Å²) in [5, 5.41) is 16.9. The molecule has 0 fully saturated rings. The van der Waals surface area contributed by atoms with Crippen LogP contribution in [0.4, 0.5) is 20.4 Å². The Morgan fingerprint density at radius 1 is 1.02 bits per heavy atom. The van der Waals surface area contributed by atoms with Crippen LogP contribution < -0.4 is 16.0 Å². The quantitative estimate of drug-likeness (QED) is 0.209. The van der Waals surface area contributed by atoms with E-state index in [-0.39, 0.29) is 17.2 Å². The molecule has 0 spiro atoms. The van der Waals surface area contributed by atoms with Crippen LogP contribution in [0.1, 0.15) is 40.3 Å². The van der Waals surface area contributed by atoms with Crippen molar-refractivity contribution in [1.29, 1.82) is 0 Å². The van der Waals surface area contributed by atoms with Gasteiger partial charge in [0, 0.05) is 25.4 Å². The summed E-state index contributed by atoms with van der Waals surface area (Å²) in [4.78, 5) is 26.1. The Morgan fingerprint density at radius 2 is 1.82 bits per heavy atom. The highest BCUT2D eigenvalue weighted by molar-refractivity contribution is 5.97. The first-order valence-corrected chi connectivity index (χ1v) is 12.3. The number of terminal acetylenes is 1. The molecule has 0 saturated carbocycles. The van der Waals surface area contributed by atoms with Crippen molar-refractivity contribution in [3.8, 4) is 23.5 Å². The van der Waals surface area contributed by atoms with Crippen LogP contribution in [-0.2, 0) is 6.54 Å². The summed E-state index contributed by atoms with van der Waals surface area (Å²) in [6.07, 6.45) is 8.63. The molecule has 4 N–H and O–H groups in total. The lowest BCUT2D eigenvalue weighted by Crippen LogP contribution is -2.29.